The van der Waals surface area contributed by atoms with Crippen molar-refractivity contribution >= 4 is 11.0 Å². The lowest BCUT2D eigenvalue weighted by molar-refractivity contribution is 1.08. The Morgan fingerprint density at radius 2 is 2.20 bits per heavy atom. The van der Waals surface area contributed by atoms with Crippen LogP contribution >= 0.6 is 0 Å². The van der Waals surface area contributed by atoms with Gasteiger partial charge in [0.1, 0.15) is 5.65 Å². The predicted molar refractivity (Wildman–Crippen MR) is 75.3 cm³/mol. The molecule has 0 aliphatic heterocycles. The number of rotatable bonds is 2. The minimum atomic E-state index is 0.876. The van der Waals surface area contributed by atoms with E-state index in [1.54, 1.807) is 18.6 Å². The van der Waals surface area contributed by atoms with Gasteiger partial charge in [-0.25, -0.2) is 4.98 Å². The molecular formula is C15H10N5. The summed E-state index contributed by atoms with van der Waals surface area (Å²) in [6.07, 6.45) is 9.05. The standard InChI is InChI=1S/C15H10N5/c1-2-11-4-7-20(15(11)17-5-1)13-3-6-16-14(8-13)12-9-18-19-10-12/h2-10H,(H,18,19). The highest BCUT2D eigenvalue weighted by Crippen LogP contribution is 2.21. The molecular weight excluding hydrogens is 250 g/mol. The molecule has 5 heteroatoms. The smallest absolute Gasteiger partial charge is 0.144 e. The van der Waals surface area contributed by atoms with E-state index in [2.05, 4.69) is 26.2 Å². The second-order valence-corrected chi connectivity index (χ2v) is 4.42. The van der Waals surface area contributed by atoms with Crippen molar-refractivity contribution in [2.45, 2.75) is 0 Å². The molecule has 0 atom stereocenters. The first kappa shape index (κ1) is 10.9. The van der Waals surface area contributed by atoms with Crippen LogP contribution in [0, 0.1) is 6.07 Å². The Balaban J connectivity index is 1.88. The molecule has 0 aliphatic carbocycles. The summed E-state index contributed by atoms with van der Waals surface area (Å²) in [6.45, 7) is 0. The molecule has 4 aromatic heterocycles. The molecule has 0 bridgehead atoms. The Kier molecular flexibility index (Phi) is 2.35. The van der Waals surface area contributed by atoms with Gasteiger partial charge < -0.3 is 4.57 Å². The first-order valence-corrected chi connectivity index (χ1v) is 6.20. The van der Waals surface area contributed by atoms with E-state index in [1.165, 1.54) is 0 Å². The first-order chi connectivity index (χ1) is 9.92. The van der Waals surface area contributed by atoms with Crippen LogP contribution in [0.15, 0.2) is 55.2 Å². The molecule has 20 heavy (non-hydrogen) atoms. The van der Waals surface area contributed by atoms with Crippen LogP contribution in [-0.4, -0.2) is 24.7 Å². The number of nitrogens with one attached hydrogen (secondary N) is 1. The van der Waals surface area contributed by atoms with Crippen molar-refractivity contribution in [2.24, 2.45) is 0 Å². The zero-order valence-corrected chi connectivity index (χ0v) is 10.5. The third-order valence-electron chi connectivity index (χ3n) is 3.21. The quantitative estimate of drug-likeness (QED) is 0.602. The van der Waals surface area contributed by atoms with Crippen molar-refractivity contribution in [3.8, 4) is 16.9 Å². The molecule has 4 aromatic rings. The lowest BCUT2D eigenvalue weighted by Crippen LogP contribution is -1.95. The van der Waals surface area contributed by atoms with Gasteiger partial charge in [0.25, 0.3) is 0 Å². The van der Waals surface area contributed by atoms with Crippen molar-refractivity contribution in [1.29, 1.82) is 0 Å². The van der Waals surface area contributed by atoms with Gasteiger partial charge in [-0.3, -0.25) is 10.1 Å². The molecule has 0 aromatic carbocycles. The van der Waals surface area contributed by atoms with Gasteiger partial charge in [-0.2, -0.15) is 5.10 Å². The molecule has 5 nitrogen and oxygen atoms in total. The van der Waals surface area contributed by atoms with E-state index < -0.39 is 0 Å². The van der Waals surface area contributed by atoms with Gasteiger partial charge in [-0.15, -0.1) is 0 Å². The van der Waals surface area contributed by atoms with Gasteiger partial charge in [0.15, 0.2) is 0 Å². The monoisotopic (exact) mass is 260 g/mol. The second-order valence-electron chi connectivity index (χ2n) is 4.42. The fourth-order valence-electron chi connectivity index (χ4n) is 2.24. The molecule has 0 saturated heterocycles. The molecule has 0 aliphatic rings. The van der Waals surface area contributed by atoms with E-state index in [0.29, 0.717) is 0 Å². The number of hydrogen-bond donors (Lipinski definition) is 1. The summed E-state index contributed by atoms with van der Waals surface area (Å²) in [5.74, 6) is 0. The maximum Gasteiger partial charge on any atom is 0.144 e. The summed E-state index contributed by atoms with van der Waals surface area (Å²) in [7, 11) is 0. The molecule has 0 fully saturated rings. The molecule has 0 spiro atoms. The Morgan fingerprint density at radius 3 is 3.10 bits per heavy atom. The van der Waals surface area contributed by atoms with Crippen molar-refractivity contribution in [3.63, 3.8) is 0 Å². The Bertz CT molecular complexity index is 861. The normalized spacial score (nSPS) is 11.0. The fraction of sp³-hybridized carbons (Fsp3) is 0. The maximum absolute atomic E-state index is 4.38. The lowest BCUT2D eigenvalue weighted by atomic mass is 10.2. The van der Waals surface area contributed by atoms with Crippen LogP contribution in [0.2, 0.25) is 0 Å². The van der Waals surface area contributed by atoms with E-state index in [-0.39, 0.29) is 0 Å². The third kappa shape index (κ3) is 1.68. The van der Waals surface area contributed by atoms with Crippen LogP contribution in [0.25, 0.3) is 28.0 Å². The Labute approximate surface area is 114 Å². The molecule has 4 rings (SSSR count). The van der Waals surface area contributed by atoms with E-state index in [0.717, 1.165) is 28.0 Å². The van der Waals surface area contributed by atoms with Gasteiger partial charge in [-0.05, 0) is 24.3 Å². The van der Waals surface area contributed by atoms with Crippen molar-refractivity contribution in [3.05, 3.63) is 61.3 Å². The molecule has 4 heterocycles. The third-order valence-corrected chi connectivity index (χ3v) is 3.21. The summed E-state index contributed by atoms with van der Waals surface area (Å²) < 4.78 is 2.04. The van der Waals surface area contributed by atoms with E-state index in [4.69, 9.17) is 0 Å². The zero-order chi connectivity index (χ0) is 13.4. The highest BCUT2D eigenvalue weighted by atomic mass is 15.1. The van der Waals surface area contributed by atoms with Gasteiger partial charge in [0, 0.05) is 41.8 Å². The number of aromatic nitrogens is 5. The van der Waals surface area contributed by atoms with E-state index >= 15 is 0 Å². The SMILES string of the molecule is [c]1cnc2c(c1)ccn2-c1ccnc(-c2cn[nH]c2)c1. The van der Waals surface area contributed by atoms with E-state index in [1.807, 2.05) is 41.2 Å². The summed E-state index contributed by atoms with van der Waals surface area (Å²) in [5.41, 5.74) is 3.77. The Hall–Kier alpha value is -2.95. The van der Waals surface area contributed by atoms with Crippen LogP contribution in [0.4, 0.5) is 0 Å². The number of nitrogens with zero attached hydrogens (tertiary/aromatic N) is 4. The van der Waals surface area contributed by atoms with Gasteiger partial charge in [-0.1, -0.05) is 0 Å². The van der Waals surface area contributed by atoms with Crippen molar-refractivity contribution in [2.75, 3.05) is 0 Å². The fourth-order valence-corrected chi connectivity index (χ4v) is 2.24. The predicted octanol–water partition coefficient (Wildman–Crippen LogP) is 2.61. The highest BCUT2D eigenvalue weighted by molar-refractivity contribution is 5.78. The largest absolute Gasteiger partial charge is 0.301 e. The average Bonchev–Trinajstić information content (AvgIpc) is 3.17. The maximum atomic E-state index is 4.38. The van der Waals surface area contributed by atoms with Crippen LogP contribution < -0.4 is 0 Å². The minimum absolute atomic E-state index is 0.876. The lowest BCUT2D eigenvalue weighted by Gasteiger charge is -2.05. The average molecular weight is 260 g/mol. The summed E-state index contributed by atoms with van der Waals surface area (Å²) >= 11 is 0. The summed E-state index contributed by atoms with van der Waals surface area (Å²) in [4.78, 5) is 8.75. The van der Waals surface area contributed by atoms with Crippen LogP contribution in [0.3, 0.4) is 0 Å². The molecule has 0 unspecified atom stereocenters. The van der Waals surface area contributed by atoms with Crippen LogP contribution in [0.1, 0.15) is 0 Å². The van der Waals surface area contributed by atoms with Gasteiger partial charge in [0.2, 0.25) is 0 Å². The number of hydrogen-bond acceptors (Lipinski definition) is 3. The first-order valence-electron chi connectivity index (χ1n) is 6.20. The van der Waals surface area contributed by atoms with Gasteiger partial charge in [0.05, 0.1) is 17.6 Å². The second kappa shape index (κ2) is 4.31. The highest BCUT2D eigenvalue weighted by Gasteiger charge is 2.06. The number of aromatic amines is 1. The topological polar surface area (TPSA) is 59.4 Å². The molecule has 95 valence electrons. The van der Waals surface area contributed by atoms with E-state index in [9.17, 15) is 0 Å². The minimum Gasteiger partial charge on any atom is -0.301 e. The van der Waals surface area contributed by atoms with Crippen LogP contribution in [0.5, 0.6) is 0 Å². The van der Waals surface area contributed by atoms with Crippen molar-refractivity contribution < 1.29 is 0 Å². The molecule has 1 N–H and O–H groups in total. The number of H-pyrrole nitrogens is 1. The molecule has 1 radical (unpaired) electrons. The number of pyridine rings is 2. The van der Waals surface area contributed by atoms with Crippen molar-refractivity contribution in [1.82, 2.24) is 24.7 Å². The van der Waals surface area contributed by atoms with Crippen LogP contribution in [-0.2, 0) is 0 Å². The zero-order valence-electron chi connectivity index (χ0n) is 10.5. The molecule has 0 saturated carbocycles. The number of fused-ring (bicyclic) bond motifs is 1. The van der Waals surface area contributed by atoms with Gasteiger partial charge >= 0.3 is 0 Å². The molecule has 0 amide bonds. The summed E-state index contributed by atoms with van der Waals surface area (Å²) in [6, 6.07) is 10.9. The Morgan fingerprint density at radius 1 is 1.20 bits per heavy atom. The summed E-state index contributed by atoms with van der Waals surface area (Å²) in [5, 5.41) is 7.82.